The minimum atomic E-state index is -5.12. The number of phosphoric ester groups is 1. The molecule has 3 N–H and O–H groups in total. The molecule has 2 unspecified atom stereocenters. The first kappa shape index (κ1) is 18.8. The van der Waals surface area contributed by atoms with Crippen LogP contribution in [0.1, 0.15) is 11.4 Å². The van der Waals surface area contributed by atoms with E-state index in [1.807, 2.05) is 0 Å². The molecular weight excluding hydrogens is 316 g/mol. The van der Waals surface area contributed by atoms with E-state index < -0.39 is 21.3 Å². The van der Waals surface area contributed by atoms with Crippen molar-refractivity contribution in [2.45, 2.75) is 5.85 Å². The molecular formula is C7H8ClNaO7P2. The molecule has 0 saturated heterocycles. The van der Waals surface area contributed by atoms with E-state index in [9.17, 15) is 14.0 Å². The monoisotopic (exact) mass is 324 g/mol. The number of benzene rings is 1. The van der Waals surface area contributed by atoms with E-state index in [0.29, 0.717) is 5.02 Å². The summed E-state index contributed by atoms with van der Waals surface area (Å²) in [6.45, 7) is 0. The van der Waals surface area contributed by atoms with Crippen molar-refractivity contribution < 1.29 is 62.8 Å². The van der Waals surface area contributed by atoms with E-state index in [0.717, 1.165) is 0 Å². The molecule has 2 atom stereocenters. The summed E-state index contributed by atoms with van der Waals surface area (Å²) in [6, 6.07) is 4.93. The predicted octanol–water partition coefficient (Wildman–Crippen LogP) is -2.00. The molecule has 0 aliphatic heterocycles. The zero-order valence-electron chi connectivity index (χ0n) is 9.13. The van der Waals surface area contributed by atoms with Crippen LogP contribution in [0.25, 0.3) is 0 Å². The third-order valence-corrected chi connectivity index (χ3v) is 3.59. The first-order chi connectivity index (χ1) is 7.59. The molecule has 0 saturated carbocycles. The topological polar surface area (TPSA) is 127 Å². The van der Waals surface area contributed by atoms with Crippen molar-refractivity contribution in [1.29, 1.82) is 0 Å². The zero-order chi connectivity index (χ0) is 13.3. The van der Waals surface area contributed by atoms with Gasteiger partial charge in [0.15, 0.2) is 13.4 Å². The predicted molar refractivity (Wildman–Crippen MR) is 57.1 cm³/mol. The summed E-state index contributed by atoms with van der Waals surface area (Å²) in [7, 11) is -10.2. The van der Waals surface area contributed by atoms with Crippen LogP contribution in [0.4, 0.5) is 0 Å². The average molecular weight is 325 g/mol. The average Bonchev–Trinajstić information content (AvgIpc) is 2.13. The summed E-state index contributed by atoms with van der Waals surface area (Å²) in [5.41, 5.74) is -0.140. The van der Waals surface area contributed by atoms with Gasteiger partial charge in [0, 0.05) is 5.02 Å². The molecule has 0 amide bonds. The molecule has 0 aromatic heterocycles. The van der Waals surface area contributed by atoms with Gasteiger partial charge < -0.3 is 24.1 Å². The third kappa shape index (κ3) is 6.28. The minimum absolute atomic E-state index is 0. The van der Waals surface area contributed by atoms with Gasteiger partial charge in [-0.2, -0.15) is 0 Å². The Labute approximate surface area is 130 Å². The summed E-state index contributed by atoms with van der Waals surface area (Å²) >= 11 is 5.56. The second kappa shape index (κ2) is 6.97. The number of phosphoric acid groups is 1. The van der Waals surface area contributed by atoms with Crippen molar-refractivity contribution in [3.8, 4) is 0 Å². The number of halogens is 1. The summed E-state index contributed by atoms with van der Waals surface area (Å²) < 4.78 is 25.6. The molecule has 0 bridgehead atoms. The van der Waals surface area contributed by atoms with Gasteiger partial charge in [0.2, 0.25) is 0 Å². The SMILES string of the molecule is O=P(O)(O)OC(c1ccc(Cl)cc1)P(=O)([O-])O.[Na+]. The van der Waals surface area contributed by atoms with E-state index in [4.69, 9.17) is 26.3 Å². The van der Waals surface area contributed by atoms with Gasteiger partial charge in [-0.25, -0.2) is 4.57 Å². The smallest absolute Gasteiger partial charge is 0.777 e. The molecule has 7 nitrogen and oxygen atoms in total. The summed E-state index contributed by atoms with van der Waals surface area (Å²) in [6.07, 6.45) is 0. The van der Waals surface area contributed by atoms with Crippen molar-refractivity contribution in [2.75, 3.05) is 0 Å². The maximum absolute atomic E-state index is 11.0. The molecule has 0 heterocycles. The second-order valence-electron chi connectivity index (χ2n) is 3.06. The van der Waals surface area contributed by atoms with Crippen LogP contribution in [0, 0.1) is 0 Å². The molecule has 18 heavy (non-hydrogen) atoms. The van der Waals surface area contributed by atoms with Crippen LogP contribution in [0.3, 0.4) is 0 Å². The Morgan fingerprint density at radius 3 is 1.94 bits per heavy atom. The van der Waals surface area contributed by atoms with Gasteiger partial charge in [0.25, 0.3) is 0 Å². The number of rotatable bonds is 4. The number of hydrogen-bond acceptors (Lipinski definition) is 4. The van der Waals surface area contributed by atoms with Crippen molar-refractivity contribution >= 4 is 27.0 Å². The molecule has 11 heteroatoms. The molecule has 0 aliphatic carbocycles. The summed E-state index contributed by atoms with van der Waals surface area (Å²) in [5.74, 6) is -2.14. The Morgan fingerprint density at radius 2 is 1.61 bits per heavy atom. The van der Waals surface area contributed by atoms with Crippen LogP contribution in [0.5, 0.6) is 0 Å². The zero-order valence-corrected chi connectivity index (χ0v) is 13.7. The van der Waals surface area contributed by atoms with Gasteiger partial charge in [-0.3, -0.25) is 4.52 Å². The van der Waals surface area contributed by atoms with E-state index >= 15 is 0 Å². The Kier molecular flexibility index (Phi) is 7.27. The van der Waals surface area contributed by atoms with Crippen LogP contribution in [0.2, 0.25) is 5.02 Å². The fourth-order valence-corrected chi connectivity index (χ4v) is 2.97. The Bertz CT molecular complexity index is 481. The fraction of sp³-hybridized carbons (Fsp3) is 0.143. The fourth-order valence-electron chi connectivity index (χ4n) is 1.07. The van der Waals surface area contributed by atoms with E-state index in [1.165, 1.54) is 24.3 Å². The van der Waals surface area contributed by atoms with E-state index in [-0.39, 0.29) is 35.1 Å². The Morgan fingerprint density at radius 1 is 1.17 bits per heavy atom. The van der Waals surface area contributed by atoms with Crippen LogP contribution in [-0.2, 0) is 13.7 Å². The van der Waals surface area contributed by atoms with Crippen molar-refractivity contribution in [3.63, 3.8) is 0 Å². The van der Waals surface area contributed by atoms with Crippen LogP contribution in [0.15, 0.2) is 24.3 Å². The molecule has 0 aliphatic rings. The number of hydrogen-bond donors (Lipinski definition) is 3. The molecule has 1 rings (SSSR count). The van der Waals surface area contributed by atoms with Gasteiger partial charge in [-0.15, -0.1) is 0 Å². The van der Waals surface area contributed by atoms with Gasteiger partial charge in [0.1, 0.15) is 0 Å². The normalized spacial score (nSPS) is 16.5. The summed E-state index contributed by atoms with van der Waals surface area (Å²) in [5, 5.41) is 0.294. The van der Waals surface area contributed by atoms with Crippen LogP contribution in [-0.4, -0.2) is 14.7 Å². The van der Waals surface area contributed by atoms with Gasteiger partial charge in [-0.05, 0) is 17.7 Å². The van der Waals surface area contributed by atoms with Gasteiger partial charge in [0.05, 0.1) is 0 Å². The minimum Gasteiger partial charge on any atom is -0.777 e. The Hall–Kier alpha value is 0.770. The molecule has 0 fully saturated rings. The van der Waals surface area contributed by atoms with Crippen molar-refractivity contribution in [1.82, 2.24) is 0 Å². The standard InChI is InChI=1S/C7H9ClO7P2.Na/c8-6-3-1-5(2-4-6)7(16(9,10)11)15-17(12,13)14;/h1-4,7H,(H2,9,10,11)(H2,12,13,14);/q;+1/p-1. The largest absolute Gasteiger partial charge is 1.00 e. The maximum atomic E-state index is 11.0. The molecule has 0 radical (unpaired) electrons. The van der Waals surface area contributed by atoms with E-state index in [1.54, 1.807) is 0 Å². The van der Waals surface area contributed by atoms with Crippen LogP contribution < -0.4 is 34.5 Å². The van der Waals surface area contributed by atoms with E-state index in [2.05, 4.69) is 4.52 Å². The molecule has 0 spiro atoms. The van der Waals surface area contributed by atoms with Crippen molar-refractivity contribution in [3.05, 3.63) is 34.9 Å². The molecule has 1 aromatic rings. The van der Waals surface area contributed by atoms with Crippen molar-refractivity contribution in [2.24, 2.45) is 0 Å². The first-order valence-corrected chi connectivity index (χ1v) is 7.68. The van der Waals surface area contributed by atoms with Crippen LogP contribution >= 0.6 is 27.0 Å². The molecule has 96 valence electrons. The second-order valence-corrected chi connectivity index (χ2v) is 6.29. The van der Waals surface area contributed by atoms with Gasteiger partial charge >= 0.3 is 37.4 Å². The maximum Gasteiger partial charge on any atom is 1.00 e. The third-order valence-electron chi connectivity index (χ3n) is 1.69. The van der Waals surface area contributed by atoms with Gasteiger partial charge in [-0.1, -0.05) is 23.7 Å². The summed E-state index contributed by atoms with van der Waals surface area (Å²) in [4.78, 5) is 37.0. The molecule has 1 aromatic carbocycles. The first-order valence-electron chi connectivity index (χ1n) is 4.12. The Balaban J connectivity index is 0.00000289. The quantitative estimate of drug-likeness (QED) is 0.431.